The Kier molecular flexibility index (Phi) is 4.17. The number of phenolic OH excluding ortho intramolecular Hbond substituents is 1. The number of benzene rings is 1. The van der Waals surface area contributed by atoms with Crippen LogP contribution in [0.2, 0.25) is 0 Å². The van der Waals surface area contributed by atoms with Crippen LogP contribution in [0.1, 0.15) is 20.8 Å². The Balaban J connectivity index is 2.23. The molecule has 2 N–H and O–H groups in total. The zero-order valence-corrected chi connectivity index (χ0v) is 15.7. The maximum atomic E-state index is 10.1. The number of pyridine rings is 1. The van der Waals surface area contributed by atoms with Gasteiger partial charge in [-0.2, -0.15) is 0 Å². The molecule has 126 valence electrons. The summed E-state index contributed by atoms with van der Waals surface area (Å²) < 4.78 is 8.10. The smallest absolute Gasteiger partial charge is 0.160 e. The standard InChI is InChI=1S/C18H20BrN3O2/c1-18(2,3)21-17-16(11-5-7-14(24-4)13(23)9-11)20-15-8-6-12(19)10-22(15)17/h5-10,21,23H,1-4H3. The number of methoxy groups -OCH3 is 1. The first-order chi connectivity index (χ1) is 11.3. The Morgan fingerprint density at radius 3 is 2.58 bits per heavy atom. The van der Waals surface area contributed by atoms with E-state index in [1.165, 1.54) is 7.11 Å². The number of rotatable bonds is 3. The molecule has 0 aliphatic rings. The number of hydrogen-bond donors (Lipinski definition) is 2. The molecule has 0 saturated heterocycles. The van der Waals surface area contributed by atoms with Crippen LogP contribution in [0.5, 0.6) is 11.5 Å². The minimum Gasteiger partial charge on any atom is -0.504 e. The third-order valence-electron chi connectivity index (χ3n) is 3.53. The second-order valence-corrected chi connectivity index (χ2v) is 7.56. The highest BCUT2D eigenvalue weighted by Crippen LogP contribution is 2.36. The molecule has 0 bridgehead atoms. The largest absolute Gasteiger partial charge is 0.504 e. The fraction of sp³-hybridized carbons (Fsp3) is 0.278. The van der Waals surface area contributed by atoms with Crippen LogP contribution < -0.4 is 10.1 Å². The molecule has 6 heteroatoms. The summed E-state index contributed by atoms with van der Waals surface area (Å²) in [6.07, 6.45) is 1.98. The van der Waals surface area contributed by atoms with Gasteiger partial charge in [0.1, 0.15) is 17.2 Å². The number of imidazole rings is 1. The minimum absolute atomic E-state index is 0.0925. The normalized spacial score (nSPS) is 11.7. The van der Waals surface area contributed by atoms with Crippen LogP contribution in [0.3, 0.4) is 0 Å². The lowest BCUT2D eigenvalue weighted by molar-refractivity contribution is 0.373. The van der Waals surface area contributed by atoms with Crippen molar-refractivity contribution >= 4 is 27.4 Å². The van der Waals surface area contributed by atoms with Crippen LogP contribution in [0.4, 0.5) is 5.82 Å². The summed E-state index contributed by atoms with van der Waals surface area (Å²) in [5.74, 6) is 1.41. The van der Waals surface area contributed by atoms with Crippen molar-refractivity contribution < 1.29 is 9.84 Å². The number of aromatic nitrogens is 2. The van der Waals surface area contributed by atoms with Gasteiger partial charge in [0.2, 0.25) is 0 Å². The number of phenols is 1. The lowest BCUT2D eigenvalue weighted by Gasteiger charge is -2.22. The topological polar surface area (TPSA) is 58.8 Å². The lowest BCUT2D eigenvalue weighted by Crippen LogP contribution is -2.27. The number of fused-ring (bicyclic) bond motifs is 1. The van der Waals surface area contributed by atoms with E-state index in [2.05, 4.69) is 42.0 Å². The van der Waals surface area contributed by atoms with Crippen molar-refractivity contribution in [1.82, 2.24) is 9.38 Å². The second-order valence-electron chi connectivity index (χ2n) is 6.65. The molecule has 0 fully saturated rings. The summed E-state index contributed by atoms with van der Waals surface area (Å²) in [7, 11) is 1.53. The van der Waals surface area contributed by atoms with E-state index in [0.717, 1.165) is 27.2 Å². The summed E-state index contributed by atoms with van der Waals surface area (Å²) >= 11 is 3.51. The third kappa shape index (κ3) is 3.19. The molecule has 0 aliphatic heterocycles. The van der Waals surface area contributed by atoms with E-state index >= 15 is 0 Å². The molecule has 0 amide bonds. The summed E-state index contributed by atoms with van der Waals surface area (Å²) in [4.78, 5) is 4.73. The predicted octanol–water partition coefficient (Wildman–Crippen LogP) is 4.69. The highest BCUT2D eigenvalue weighted by molar-refractivity contribution is 9.10. The van der Waals surface area contributed by atoms with Crippen LogP contribution in [-0.4, -0.2) is 27.1 Å². The van der Waals surface area contributed by atoms with Crippen molar-refractivity contribution in [3.63, 3.8) is 0 Å². The molecular weight excluding hydrogens is 370 g/mol. The Morgan fingerprint density at radius 2 is 1.96 bits per heavy atom. The molecule has 24 heavy (non-hydrogen) atoms. The first-order valence-electron chi connectivity index (χ1n) is 7.61. The van der Waals surface area contributed by atoms with E-state index in [1.54, 1.807) is 12.1 Å². The maximum absolute atomic E-state index is 10.1. The predicted molar refractivity (Wildman–Crippen MR) is 99.9 cm³/mol. The number of anilines is 1. The van der Waals surface area contributed by atoms with Gasteiger partial charge in [0, 0.05) is 21.8 Å². The number of nitrogens with zero attached hydrogens (tertiary/aromatic N) is 2. The van der Waals surface area contributed by atoms with Crippen molar-refractivity contribution in [1.29, 1.82) is 0 Å². The molecular formula is C18H20BrN3O2. The van der Waals surface area contributed by atoms with Crippen molar-refractivity contribution in [2.24, 2.45) is 0 Å². The molecule has 0 radical (unpaired) electrons. The number of aromatic hydroxyl groups is 1. The number of ether oxygens (including phenoxy) is 1. The molecule has 0 spiro atoms. The summed E-state index contributed by atoms with van der Waals surface area (Å²) in [6.45, 7) is 6.29. The molecule has 0 atom stereocenters. The van der Waals surface area contributed by atoms with Crippen LogP contribution in [0, 0.1) is 0 Å². The van der Waals surface area contributed by atoms with Gasteiger partial charge in [0.15, 0.2) is 11.5 Å². The van der Waals surface area contributed by atoms with Gasteiger partial charge in [-0.1, -0.05) is 0 Å². The van der Waals surface area contributed by atoms with E-state index in [9.17, 15) is 5.11 Å². The van der Waals surface area contributed by atoms with Gasteiger partial charge in [-0.3, -0.25) is 4.40 Å². The van der Waals surface area contributed by atoms with Crippen LogP contribution >= 0.6 is 15.9 Å². The Morgan fingerprint density at radius 1 is 1.21 bits per heavy atom. The van der Waals surface area contributed by atoms with Gasteiger partial charge in [-0.25, -0.2) is 4.98 Å². The Hall–Kier alpha value is -2.21. The highest BCUT2D eigenvalue weighted by atomic mass is 79.9. The third-order valence-corrected chi connectivity index (χ3v) is 4.00. The number of hydrogen-bond acceptors (Lipinski definition) is 4. The summed E-state index contributed by atoms with van der Waals surface area (Å²) in [6, 6.07) is 9.21. The molecule has 2 aromatic heterocycles. The minimum atomic E-state index is -0.137. The Bertz CT molecular complexity index is 897. The molecule has 2 heterocycles. The van der Waals surface area contributed by atoms with Crippen LogP contribution in [0.15, 0.2) is 41.0 Å². The SMILES string of the molecule is COc1ccc(-c2nc3ccc(Br)cn3c2NC(C)(C)C)cc1O. The van der Waals surface area contributed by atoms with Gasteiger partial charge < -0.3 is 15.2 Å². The van der Waals surface area contributed by atoms with Crippen molar-refractivity contribution in [2.75, 3.05) is 12.4 Å². The van der Waals surface area contributed by atoms with Crippen molar-refractivity contribution in [2.45, 2.75) is 26.3 Å². The molecule has 3 aromatic rings. The summed E-state index contributed by atoms with van der Waals surface area (Å²) in [5, 5.41) is 13.6. The molecule has 1 aromatic carbocycles. The monoisotopic (exact) mass is 389 g/mol. The van der Waals surface area contributed by atoms with Gasteiger partial charge >= 0.3 is 0 Å². The average molecular weight is 390 g/mol. The molecule has 0 aliphatic carbocycles. The van der Waals surface area contributed by atoms with Gasteiger partial charge in [-0.15, -0.1) is 0 Å². The summed E-state index contributed by atoms with van der Waals surface area (Å²) in [5.41, 5.74) is 2.29. The molecule has 0 unspecified atom stereocenters. The van der Waals surface area contributed by atoms with Gasteiger partial charge in [0.05, 0.1) is 7.11 Å². The number of halogens is 1. The van der Waals surface area contributed by atoms with E-state index in [1.807, 2.05) is 28.8 Å². The van der Waals surface area contributed by atoms with E-state index in [4.69, 9.17) is 9.72 Å². The van der Waals surface area contributed by atoms with Crippen molar-refractivity contribution in [3.8, 4) is 22.8 Å². The quantitative estimate of drug-likeness (QED) is 0.681. The highest BCUT2D eigenvalue weighted by Gasteiger charge is 2.20. The zero-order chi connectivity index (χ0) is 17.5. The van der Waals surface area contributed by atoms with Crippen molar-refractivity contribution in [3.05, 3.63) is 41.0 Å². The maximum Gasteiger partial charge on any atom is 0.160 e. The van der Waals surface area contributed by atoms with Crippen LogP contribution in [-0.2, 0) is 0 Å². The Labute approximate surface area is 149 Å². The first kappa shape index (κ1) is 16.6. The van der Waals surface area contributed by atoms with Gasteiger partial charge in [0.25, 0.3) is 0 Å². The fourth-order valence-corrected chi connectivity index (χ4v) is 2.87. The van der Waals surface area contributed by atoms with E-state index < -0.39 is 0 Å². The lowest BCUT2D eigenvalue weighted by atomic mass is 10.1. The molecule has 0 saturated carbocycles. The zero-order valence-electron chi connectivity index (χ0n) is 14.1. The first-order valence-corrected chi connectivity index (χ1v) is 8.41. The van der Waals surface area contributed by atoms with E-state index in [0.29, 0.717) is 5.75 Å². The fourth-order valence-electron chi connectivity index (χ4n) is 2.53. The molecule has 3 rings (SSSR count). The molecule has 5 nitrogen and oxygen atoms in total. The average Bonchev–Trinajstić information content (AvgIpc) is 2.83. The van der Waals surface area contributed by atoms with E-state index in [-0.39, 0.29) is 11.3 Å². The van der Waals surface area contributed by atoms with Crippen LogP contribution in [0.25, 0.3) is 16.9 Å². The second kappa shape index (κ2) is 6.02. The van der Waals surface area contributed by atoms with Gasteiger partial charge in [-0.05, 0) is 67.0 Å². The number of nitrogens with one attached hydrogen (secondary N) is 1.